The van der Waals surface area contributed by atoms with Crippen molar-refractivity contribution in [1.82, 2.24) is 4.57 Å². The van der Waals surface area contributed by atoms with Crippen LogP contribution in [0.25, 0.3) is 49.7 Å². The van der Waals surface area contributed by atoms with Crippen molar-refractivity contribution in [2.24, 2.45) is 0 Å². The fourth-order valence-electron chi connectivity index (χ4n) is 8.35. The van der Waals surface area contributed by atoms with Crippen molar-refractivity contribution in [2.45, 2.75) is 5.41 Å². The lowest BCUT2D eigenvalue weighted by atomic mass is 9.63. The normalized spacial score (nSPS) is 13.0. The number of benzene rings is 8. The highest BCUT2D eigenvalue weighted by molar-refractivity contribution is 6.10. The van der Waals surface area contributed by atoms with E-state index in [1.54, 1.807) is 0 Å². The van der Waals surface area contributed by atoms with Crippen LogP contribution in [0.15, 0.2) is 200 Å². The molecule has 1 aliphatic heterocycles. The van der Waals surface area contributed by atoms with Crippen LogP contribution < -0.4 is 4.74 Å². The molecule has 0 radical (unpaired) electrons. The van der Waals surface area contributed by atoms with Gasteiger partial charge in [-0.05, 0) is 75.8 Å². The number of hydrogen-bond donors (Lipinski definition) is 0. The standard InChI is InChI=1S/C49H33NO/c1-4-16-36(17-5-1)49(37-18-6-2-7-19-37)43-25-13-15-27-47(43)51-48-31-29-34(32-44(48)49)39-22-10-11-23-40(39)35-28-30-42-41-24-12-14-26-45(41)50(46(42)33-35)38-20-8-3-9-21-38/h1-33H. The van der Waals surface area contributed by atoms with Gasteiger partial charge in [-0.25, -0.2) is 0 Å². The van der Waals surface area contributed by atoms with Gasteiger partial charge in [0.2, 0.25) is 0 Å². The largest absolute Gasteiger partial charge is 0.457 e. The molecule has 2 heteroatoms. The Morgan fingerprint density at radius 1 is 0.373 bits per heavy atom. The van der Waals surface area contributed by atoms with E-state index in [4.69, 9.17) is 4.74 Å². The minimum absolute atomic E-state index is 0.576. The number of para-hydroxylation sites is 3. The number of fused-ring (bicyclic) bond motifs is 5. The minimum atomic E-state index is -0.576. The predicted molar refractivity (Wildman–Crippen MR) is 210 cm³/mol. The second-order valence-corrected chi connectivity index (χ2v) is 13.3. The Labute approximate surface area is 297 Å². The Bertz CT molecular complexity index is 2670. The maximum atomic E-state index is 6.71. The van der Waals surface area contributed by atoms with E-state index in [9.17, 15) is 0 Å². The molecule has 2 nitrogen and oxygen atoms in total. The summed E-state index contributed by atoms with van der Waals surface area (Å²) in [5, 5.41) is 2.50. The maximum absolute atomic E-state index is 6.71. The van der Waals surface area contributed by atoms with Crippen molar-refractivity contribution in [3.63, 3.8) is 0 Å². The molecule has 0 saturated carbocycles. The van der Waals surface area contributed by atoms with E-state index in [1.807, 2.05) is 0 Å². The molecule has 9 aromatic rings. The van der Waals surface area contributed by atoms with E-state index in [0.717, 1.165) is 33.9 Å². The number of hydrogen-bond acceptors (Lipinski definition) is 1. The molecule has 0 atom stereocenters. The van der Waals surface area contributed by atoms with Crippen LogP contribution >= 0.6 is 0 Å². The first-order chi connectivity index (χ1) is 25.3. The van der Waals surface area contributed by atoms with Crippen LogP contribution in [0.5, 0.6) is 11.5 Å². The van der Waals surface area contributed by atoms with Crippen LogP contribution in [-0.4, -0.2) is 4.57 Å². The summed E-state index contributed by atoms with van der Waals surface area (Å²) < 4.78 is 9.10. The summed E-state index contributed by atoms with van der Waals surface area (Å²) in [5.41, 5.74) is 12.3. The van der Waals surface area contributed by atoms with Crippen molar-refractivity contribution < 1.29 is 4.74 Å². The van der Waals surface area contributed by atoms with Crippen LogP contribution in [0.1, 0.15) is 22.3 Å². The smallest absolute Gasteiger partial charge is 0.132 e. The summed E-state index contributed by atoms with van der Waals surface area (Å²) >= 11 is 0. The molecular weight excluding hydrogens is 619 g/mol. The second-order valence-electron chi connectivity index (χ2n) is 13.3. The van der Waals surface area contributed by atoms with Gasteiger partial charge in [0, 0.05) is 27.6 Å². The first kappa shape index (κ1) is 29.3. The van der Waals surface area contributed by atoms with E-state index >= 15 is 0 Å². The van der Waals surface area contributed by atoms with E-state index in [0.29, 0.717) is 0 Å². The fourth-order valence-corrected chi connectivity index (χ4v) is 8.35. The zero-order valence-corrected chi connectivity index (χ0v) is 27.9. The third-order valence-electron chi connectivity index (χ3n) is 10.5. The van der Waals surface area contributed by atoms with Crippen LogP contribution in [0.2, 0.25) is 0 Å². The fraction of sp³-hybridized carbons (Fsp3) is 0.0204. The molecule has 10 rings (SSSR count). The Balaban J connectivity index is 1.21. The summed E-state index contributed by atoms with van der Waals surface area (Å²) in [6.07, 6.45) is 0. The van der Waals surface area contributed by atoms with Gasteiger partial charge in [0.25, 0.3) is 0 Å². The number of rotatable bonds is 5. The first-order valence-corrected chi connectivity index (χ1v) is 17.5. The van der Waals surface area contributed by atoms with E-state index in [-0.39, 0.29) is 0 Å². The molecule has 1 aromatic heterocycles. The van der Waals surface area contributed by atoms with Gasteiger partial charge in [-0.2, -0.15) is 0 Å². The van der Waals surface area contributed by atoms with Crippen molar-refractivity contribution in [3.8, 4) is 39.4 Å². The van der Waals surface area contributed by atoms with Crippen molar-refractivity contribution >= 4 is 21.8 Å². The highest BCUT2D eigenvalue weighted by Crippen LogP contribution is 2.56. The average Bonchev–Trinajstić information content (AvgIpc) is 3.54. The topological polar surface area (TPSA) is 14.2 Å². The summed E-state index contributed by atoms with van der Waals surface area (Å²) in [6.45, 7) is 0. The molecule has 240 valence electrons. The Morgan fingerprint density at radius 3 is 1.63 bits per heavy atom. The van der Waals surface area contributed by atoms with E-state index in [2.05, 4.69) is 205 Å². The number of ether oxygens (including phenoxy) is 1. The molecule has 2 heterocycles. The Kier molecular flexibility index (Phi) is 6.75. The van der Waals surface area contributed by atoms with Gasteiger partial charge < -0.3 is 9.30 Å². The quantitative estimate of drug-likeness (QED) is 0.181. The van der Waals surface area contributed by atoms with E-state index < -0.39 is 5.41 Å². The van der Waals surface area contributed by atoms with Gasteiger partial charge in [0.15, 0.2) is 0 Å². The summed E-state index contributed by atoms with van der Waals surface area (Å²) in [5.74, 6) is 1.75. The summed E-state index contributed by atoms with van der Waals surface area (Å²) in [4.78, 5) is 0. The first-order valence-electron chi connectivity index (χ1n) is 17.5. The minimum Gasteiger partial charge on any atom is -0.457 e. The molecule has 1 aliphatic rings. The Morgan fingerprint density at radius 2 is 0.902 bits per heavy atom. The molecule has 8 aromatic carbocycles. The molecule has 0 amide bonds. The average molecular weight is 652 g/mol. The van der Waals surface area contributed by atoms with Gasteiger partial charge in [-0.1, -0.05) is 158 Å². The van der Waals surface area contributed by atoms with Crippen molar-refractivity contribution in [1.29, 1.82) is 0 Å². The van der Waals surface area contributed by atoms with Crippen molar-refractivity contribution in [2.75, 3.05) is 0 Å². The predicted octanol–water partition coefficient (Wildman–Crippen LogP) is 12.6. The zero-order valence-electron chi connectivity index (χ0n) is 27.9. The molecule has 0 unspecified atom stereocenters. The SMILES string of the molecule is c1ccc(-n2c3ccccc3c3ccc(-c4ccccc4-c4ccc5c(c4)C(c4ccccc4)(c4ccccc4)c4ccccc4O5)cc32)cc1. The highest BCUT2D eigenvalue weighted by Gasteiger charge is 2.45. The molecular formula is C49H33NO. The monoisotopic (exact) mass is 651 g/mol. The van der Waals surface area contributed by atoms with Crippen LogP contribution in [0.3, 0.4) is 0 Å². The highest BCUT2D eigenvalue weighted by atomic mass is 16.5. The van der Waals surface area contributed by atoms with Gasteiger partial charge in [-0.3, -0.25) is 0 Å². The molecule has 51 heavy (non-hydrogen) atoms. The number of nitrogens with zero attached hydrogens (tertiary/aromatic N) is 1. The summed E-state index contributed by atoms with van der Waals surface area (Å²) in [7, 11) is 0. The molecule has 0 bridgehead atoms. The van der Waals surface area contributed by atoms with Crippen LogP contribution in [0.4, 0.5) is 0 Å². The third kappa shape index (κ3) is 4.50. The zero-order chi connectivity index (χ0) is 33.8. The van der Waals surface area contributed by atoms with Crippen molar-refractivity contribution in [3.05, 3.63) is 222 Å². The Hall–Kier alpha value is -6.64. The van der Waals surface area contributed by atoms with Crippen LogP contribution in [0, 0.1) is 0 Å². The number of aromatic nitrogens is 1. The van der Waals surface area contributed by atoms with E-state index in [1.165, 1.54) is 49.6 Å². The molecule has 0 fully saturated rings. The molecule has 0 aliphatic carbocycles. The lowest BCUT2D eigenvalue weighted by Gasteiger charge is -2.41. The summed E-state index contributed by atoms with van der Waals surface area (Å²) in [6, 6.07) is 72.1. The van der Waals surface area contributed by atoms with Gasteiger partial charge in [-0.15, -0.1) is 0 Å². The lowest BCUT2D eigenvalue weighted by Crippen LogP contribution is -2.34. The lowest BCUT2D eigenvalue weighted by molar-refractivity contribution is 0.434. The van der Waals surface area contributed by atoms with Crippen LogP contribution in [-0.2, 0) is 5.41 Å². The third-order valence-corrected chi connectivity index (χ3v) is 10.5. The van der Waals surface area contributed by atoms with Gasteiger partial charge in [0.1, 0.15) is 11.5 Å². The maximum Gasteiger partial charge on any atom is 0.132 e. The molecule has 0 saturated heterocycles. The molecule has 0 spiro atoms. The van der Waals surface area contributed by atoms with Gasteiger partial charge in [0.05, 0.1) is 16.4 Å². The van der Waals surface area contributed by atoms with Gasteiger partial charge >= 0.3 is 0 Å². The molecule has 0 N–H and O–H groups in total. The second kappa shape index (κ2) is 11.8.